The molecule has 0 saturated heterocycles. The monoisotopic (exact) mass is 276 g/mol. The second-order valence-corrected chi connectivity index (χ2v) is 4.81. The molecular formula is C18H16N2O. The molecule has 3 heteroatoms. The predicted molar refractivity (Wildman–Crippen MR) is 83.4 cm³/mol. The van der Waals surface area contributed by atoms with Gasteiger partial charge in [0.1, 0.15) is 0 Å². The molecule has 0 spiro atoms. The number of hydrogen-bond donors (Lipinski definition) is 1. The molecule has 0 aliphatic carbocycles. The summed E-state index contributed by atoms with van der Waals surface area (Å²) in [4.78, 5) is 12.1. The average Bonchev–Trinajstić information content (AvgIpc) is 3.08. The van der Waals surface area contributed by atoms with E-state index in [1.54, 1.807) is 0 Å². The normalized spacial score (nSPS) is 10.3. The third-order valence-corrected chi connectivity index (χ3v) is 3.33. The lowest BCUT2D eigenvalue weighted by Crippen LogP contribution is -2.22. The molecule has 0 unspecified atom stereocenters. The zero-order valence-corrected chi connectivity index (χ0v) is 11.6. The minimum absolute atomic E-state index is 0.0575. The van der Waals surface area contributed by atoms with Gasteiger partial charge in [-0.1, -0.05) is 30.3 Å². The van der Waals surface area contributed by atoms with E-state index in [9.17, 15) is 4.79 Å². The van der Waals surface area contributed by atoms with Gasteiger partial charge in [-0.3, -0.25) is 4.79 Å². The molecule has 0 atom stereocenters. The molecule has 1 N–H and O–H groups in total. The van der Waals surface area contributed by atoms with Crippen molar-refractivity contribution in [3.63, 3.8) is 0 Å². The first-order valence-corrected chi connectivity index (χ1v) is 6.88. The Hall–Kier alpha value is -2.81. The number of hydrogen-bond acceptors (Lipinski definition) is 1. The lowest BCUT2D eigenvalue weighted by atomic mass is 10.1. The summed E-state index contributed by atoms with van der Waals surface area (Å²) in [6.45, 7) is 0.541. The fraction of sp³-hybridized carbons (Fsp3) is 0.0556. The Kier molecular flexibility index (Phi) is 3.83. The van der Waals surface area contributed by atoms with Crippen molar-refractivity contribution in [1.82, 2.24) is 9.88 Å². The van der Waals surface area contributed by atoms with Crippen molar-refractivity contribution in [2.75, 3.05) is 0 Å². The molecule has 0 bridgehead atoms. The summed E-state index contributed by atoms with van der Waals surface area (Å²) in [6.07, 6.45) is 3.95. The second kappa shape index (κ2) is 6.09. The van der Waals surface area contributed by atoms with Crippen molar-refractivity contribution < 1.29 is 4.79 Å². The number of nitrogens with zero attached hydrogens (tertiary/aromatic N) is 1. The van der Waals surface area contributed by atoms with E-state index in [2.05, 4.69) is 5.32 Å². The molecule has 21 heavy (non-hydrogen) atoms. The molecule has 3 nitrogen and oxygen atoms in total. The summed E-state index contributed by atoms with van der Waals surface area (Å²) >= 11 is 0. The maximum atomic E-state index is 12.1. The number of nitrogens with one attached hydrogen (secondary N) is 1. The first-order valence-electron chi connectivity index (χ1n) is 6.88. The number of aromatic nitrogens is 1. The maximum absolute atomic E-state index is 12.1. The summed E-state index contributed by atoms with van der Waals surface area (Å²) in [5.41, 5.74) is 2.80. The van der Waals surface area contributed by atoms with Gasteiger partial charge in [0.15, 0.2) is 0 Å². The van der Waals surface area contributed by atoms with Gasteiger partial charge in [0.2, 0.25) is 0 Å². The maximum Gasteiger partial charge on any atom is 0.251 e. The van der Waals surface area contributed by atoms with Crippen LogP contribution < -0.4 is 5.32 Å². The second-order valence-electron chi connectivity index (χ2n) is 4.81. The highest BCUT2D eigenvalue weighted by Crippen LogP contribution is 2.10. The summed E-state index contributed by atoms with van der Waals surface area (Å²) in [6, 6.07) is 21.4. The van der Waals surface area contributed by atoms with E-state index in [1.807, 2.05) is 83.7 Å². The molecule has 1 amide bonds. The van der Waals surface area contributed by atoms with E-state index >= 15 is 0 Å². The van der Waals surface area contributed by atoms with Gasteiger partial charge in [0.25, 0.3) is 5.91 Å². The molecule has 1 heterocycles. The highest BCUT2D eigenvalue weighted by molar-refractivity contribution is 5.94. The van der Waals surface area contributed by atoms with Crippen LogP contribution >= 0.6 is 0 Å². The Morgan fingerprint density at radius 1 is 0.857 bits per heavy atom. The number of carbonyl (C=O) groups excluding carboxylic acids is 1. The van der Waals surface area contributed by atoms with Crippen LogP contribution in [0.15, 0.2) is 79.1 Å². The molecule has 0 radical (unpaired) electrons. The summed E-state index contributed by atoms with van der Waals surface area (Å²) in [5, 5.41) is 2.92. The van der Waals surface area contributed by atoms with Gasteiger partial charge in [0, 0.05) is 30.2 Å². The minimum Gasteiger partial charge on any atom is -0.348 e. The summed E-state index contributed by atoms with van der Waals surface area (Å²) in [5.74, 6) is -0.0575. The molecular weight excluding hydrogens is 260 g/mol. The fourth-order valence-corrected chi connectivity index (χ4v) is 2.17. The molecule has 3 aromatic rings. The van der Waals surface area contributed by atoms with Crippen LogP contribution in [0.25, 0.3) is 5.69 Å². The van der Waals surface area contributed by atoms with Crippen LogP contribution in [0.2, 0.25) is 0 Å². The number of amides is 1. The van der Waals surface area contributed by atoms with Gasteiger partial charge < -0.3 is 9.88 Å². The first kappa shape index (κ1) is 13.2. The molecule has 1 aromatic heterocycles. The highest BCUT2D eigenvalue weighted by Gasteiger charge is 2.05. The topological polar surface area (TPSA) is 34.0 Å². The Balaban J connectivity index is 1.65. The third kappa shape index (κ3) is 3.20. The van der Waals surface area contributed by atoms with E-state index in [-0.39, 0.29) is 5.91 Å². The smallest absolute Gasteiger partial charge is 0.251 e. The van der Waals surface area contributed by atoms with Gasteiger partial charge in [-0.05, 0) is 42.0 Å². The predicted octanol–water partition coefficient (Wildman–Crippen LogP) is 3.41. The standard InChI is InChI=1S/C18H16N2O/c21-18(19-14-15-6-2-1-3-7-15)16-8-10-17(11-9-16)20-12-4-5-13-20/h1-13H,14H2,(H,19,21). The van der Waals surface area contributed by atoms with Crippen molar-refractivity contribution >= 4 is 5.91 Å². The van der Waals surface area contributed by atoms with E-state index in [4.69, 9.17) is 0 Å². The van der Waals surface area contributed by atoms with Gasteiger partial charge in [0.05, 0.1) is 0 Å². The number of benzene rings is 2. The van der Waals surface area contributed by atoms with Crippen LogP contribution in [-0.2, 0) is 6.54 Å². The zero-order chi connectivity index (χ0) is 14.5. The van der Waals surface area contributed by atoms with E-state index in [0.29, 0.717) is 12.1 Å². The molecule has 2 aromatic carbocycles. The van der Waals surface area contributed by atoms with Crippen LogP contribution in [0, 0.1) is 0 Å². The van der Waals surface area contributed by atoms with Crippen molar-refractivity contribution in [2.24, 2.45) is 0 Å². The third-order valence-electron chi connectivity index (χ3n) is 3.33. The van der Waals surface area contributed by atoms with Crippen LogP contribution in [0.1, 0.15) is 15.9 Å². The van der Waals surface area contributed by atoms with Crippen LogP contribution in [0.5, 0.6) is 0 Å². The Morgan fingerprint density at radius 3 is 2.19 bits per heavy atom. The number of carbonyl (C=O) groups is 1. The highest BCUT2D eigenvalue weighted by atomic mass is 16.1. The van der Waals surface area contributed by atoms with E-state index < -0.39 is 0 Å². The van der Waals surface area contributed by atoms with Crippen LogP contribution in [0.3, 0.4) is 0 Å². The fourth-order valence-electron chi connectivity index (χ4n) is 2.17. The lowest BCUT2D eigenvalue weighted by Gasteiger charge is -2.07. The Bertz CT molecular complexity index is 701. The molecule has 0 fully saturated rings. The van der Waals surface area contributed by atoms with Crippen molar-refractivity contribution in [3.8, 4) is 5.69 Å². The minimum atomic E-state index is -0.0575. The van der Waals surface area contributed by atoms with Gasteiger partial charge in [-0.15, -0.1) is 0 Å². The van der Waals surface area contributed by atoms with Gasteiger partial charge >= 0.3 is 0 Å². The Labute approximate surface area is 123 Å². The SMILES string of the molecule is O=C(NCc1ccccc1)c1ccc(-n2cccc2)cc1. The van der Waals surface area contributed by atoms with Crippen molar-refractivity contribution in [3.05, 3.63) is 90.3 Å². The van der Waals surface area contributed by atoms with Gasteiger partial charge in [-0.2, -0.15) is 0 Å². The van der Waals surface area contributed by atoms with Crippen molar-refractivity contribution in [1.29, 1.82) is 0 Å². The Morgan fingerprint density at radius 2 is 1.52 bits per heavy atom. The summed E-state index contributed by atoms with van der Waals surface area (Å²) in [7, 11) is 0. The molecule has 3 rings (SSSR count). The van der Waals surface area contributed by atoms with E-state index in [1.165, 1.54) is 0 Å². The number of rotatable bonds is 4. The summed E-state index contributed by atoms with van der Waals surface area (Å²) < 4.78 is 2.01. The molecule has 0 aliphatic rings. The quantitative estimate of drug-likeness (QED) is 0.778. The van der Waals surface area contributed by atoms with Crippen LogP contribution in [-0.4, -0.2) is 10.5 Å². The van der Waals surface area contributed by atoms with E-state index in [0.717, 1.165) is 11.3 Å². The largest absolute Gasteiger partial charge is 0.348 e. The lowest BCUT2D eigenvalue weighted by molar-refractivity contribution is 0.0951. The van der Waals surface area contributed by atoms with Crippen molar-refractivity contribution in [2.45, 2.75) is 6.54 Å². The zero-order valence-electron chi connectivity index (χ0n) is 11.6. The molecule has 104 valence electrons. The molecule has 0 aliphatic heterocycles. The van der Waals surface area contributed by atoms with Crippen LogP contribution in [0.4, 0.5) is 0 Å². The van der Waals surface area contributed by atoms with Gasteiger partial charge in [-0.25, -0.2) is 0 Å². The first-order chi connectivity index (χ1) is 10.3. The average molecular weight is 276 g/mol. The molecule has 0 saturated carbocycles.